The summed E-state index contributed by atoms with van der Waals surface area (Å²) in [6.45, 7) is 1.13. The molecule has 1 heterocycles. The minimum absolute atomic E-state index is 0.510. The van der Waals surface area contributed by atoms with E-state index in [1.165, 1.54) is 18.4 Å². The summed E-state index contributed by atoms with van der Waals surface area (Å²) in [6, 6.07) is 6.71. The maximum Gasteiger partial charge on any atom is 0.0461 e. The van der Waals surface area contributed by atoms with Gasteiger partial charge in [0.25, 0.3) is 0 Å². The second kappa shape index (κ2) is 3.68. The van der Waals surface area contributed by atoms with Gasteiger partial charge in [-0.15, -0.1) is 0 Å². The first-order valence-corrected chi connectivity index (χ1v) is 5.35. The summed E-state index contributed by atoms with van der Waals surface area (Å²) >= 11 is 3.39. The highest BCUT2D eigenvalue weighted by atomic mass is 79.9. The lowest BCUT2D eigenvalue weighted by molar-refractivity contribution is 0.648. The van der Waals surface area contributed by atoms with Crippen LogP contribution in [-0.4, -0.2) is 6.54 Å². The van der Waals surface area contributed by atoms with Crippen molar-refractivity contribution in [1.29, 1.82) is 0 Å². The number of anilines is 1. The first-order valence-electron chi connectivity index (χ1n) is 4.55. The van der Waals surface area contributed by atoms with E-state index in [0.29, 0.717) is 6.04 Å². The van der Waals surface area contributed by atoms with Gasteiger partial charge in [-0.05, 0) is 53.0 Å². The molecule has 1 fully saturated rings. The van der Waals surface area contributed by atoms with Crippen molar-refractivity contribution in [1.82, 2.24) is 5.32 Å². The fraction of sp³-hybridized carbons (Fsp3) is 0.400. The van der Waals surface area contributed by atoms with E-state index in [1.807, 2.05) is 12.1 Å². The summed E-state index contributed by atoms with van der Waals surface area (Å²) in [6.07, 6.45) is 2.49. The first kappa shape index (κ1) is 9.03. The van der Waals surface area contributed by atoms with Crippen LogP contribution in [0.15, 0.2) is 22.7 Å². The molecule has 70 valence electrons. The van der Waals surface area contributed by atoms with E-state index in [1.54, 1.807) is 0 Å². The van der Waals surface area contributed by atoms with Crippen LogP contribution in [-0.2, 0) is 0 Å². The summed E-state index contributed by atoms with van der Waals surface area (Å²) in [5, 5.41) is 3.45. The van der Waals surface area contributed by atoms with Crippen LogP contribution in [0.3, 0.4) is 0 Å². The highest BCUT2D eigenvalue weighted by molar-refractivity contribution is 9.10. The molecule has 1 atom stereocenters. The minimum Gasteiger partial charge on any atom is -0.398 e. The van der Waals surface area contributed by atoms with Gasteiger partial charge in [-0.25, -0.2) is 0 Å². The quantitative estimate of drug-likeness (QED) is 0.741. The predicted octanol–water partition coefficient (Wildman–Crippen LogP) is 2.46. The molecule has 2 nitrogen and oxygen atoms in total. The molecule has 0 radical (unpaired) electrons. The maximum atomic E-state index is 5.81. The molecule has 3 N–H and O–H groups in total. The van der Waals surface area contributed by atoms with E-state index in [2.05, 4.69) is 27.3 Å². The molecule has 2 rings (SSSR count). The lowest BCUT2D eigenvalue weighted by atomic mass is 10.1. The Labute approximate surface area is 86.6 Å². The Morgan fingerprint density at radius 3 is 2.92 bits per heavy atom. The Bertz CT molecular complexity index is 306. The Kier molecular flexibility index (Phi) is 2.56. The third kappa shape index (κ3) is 1.86. The Hall–Kier alpha value is -0.540. The lowest BCUT2D eigenvalue weighted by Crippen LogP contribution is -2.12. The zero-order chi connectivity index (χ0) is 9.26. The number of nitrogens with one attached hydrogen (secondary N) is 1. The molecule has 0 aliphatic carbocycles. The van der Waals surface area contributed by atoms with E-state index in [4.69, 9.17) is 5.73 Å². The first-order chi connectivity index (χ1) is 6.27. The molecule has 0 saturated carbocycles. The van der Waals surface area contributed by atoms with Crippen LogP contribution in [0.25, 0.3) is 0 Å². The molecular weight excluding hydrogens is 228 g/mol. The Balaban J connectivity index is 2.25. The van der Waals surface area contributed by atoms with Gasteiger partial charge in [0.05, 0.1) is 0 Å². The second-order valence-electron chi connectivity index (χ2n) is 3.43. The minimum atomic E-state index is 0.510. The van der Waals surface area contributed by atoms with Crippen molar-refractivity contribution in [2.75, 3.05) is 12.3 Å². The summed E-state index contributed by atoms with van der Waals surface area (Å²) in [5.74, 6) is 0. The summed E-state index contributed by atoms with van der Waals surface area (Å²) in [7, 11) is 0. The van der Waals surface area contributed by atoms with Gasteiger partial charge in [0.2, 0.25) is 0 Å². The topological polar surface area (TPSA) is 38.0 Å². The van der Waals surface area contributed by atoms with Crippen molar-refractivity contribution < 1.29 is 0 Å². The zero-order valence-electron chi connectivity index (χ0n) is 7.39. The second-order valence-corrected chi connectivity index (χ2v) is 4.28. The number of hydrogen-bond donors (Lipinski definition) is 2. The van der Waals surface area contributed by atoms with Gasteiger partial charge in [-0.3, -0.25) is 0 Å². The van der Waals surface area contributed by atoms with E-state index >= 15 is 0 Å². The molecule has 13 heavy (non-hydrogen) atoms. The third-order valence-corrected chi connectivity index (χ3v) is 3.20. The van der Waals surface area contributed by atoms with Crippen molar-refractivity contribution in [3.63, 3.8) is 0 Å². The van der Waals surface area contributed by atoms with Gasteiger partial charge in [0, 0.05) is 16.2 Å². The van der Waals surface area contributed by atoms with Gasteiger partial charge < -0.3 is 11.1 Å². The van der Waals surface area contributed by atoms with Crippen LogP contribution in [0.4, 0.5) is 5.69 Å². The summed E-state index contributed by atoms with van der Waals surface area (Å²) in [5.41, 5.74) is 7.94. The van der Waals surface area contributed by atoms with Crippen LogP contribution in [0, 0.1) is 0 Å². The van der Waals surface area contributed by atoms with Crippen LogP contribution >= 0.6 is 15.9 Å². The van der Waals surface area contributed by atoms with Crippen molar-refractivity contribution in [3.8, 4) is 0 Å². The van der Waals surface area contributed by atoms with E-state index in [0.717, 1.165) is 16.7 Å². The molecule has 1 aromatic rings. The number of benzene rings is 1. The van der Waals surface area contributed by atoms with Gasteiger partial charge in [-0.1, -0.05) is 6.07 Å². The van der Waals surface area contributed by atoms with Crippen molar-refractivity contribution >= 4 is 21.6 Å². The number of nitrogens with two attached hydrogens (primary N) is 1. The van der Waals surface area contributed by atoms with E-state index in [-0.39, 0.29) is 0 Å². The normalized spacial score (nSPS) is 22.1. The lowest BCUT2D eigenvalue weighted by Gasteiger charge is -2.11. The smallest absolute Gasteiger partial charge is 0.0461 e. The molecule has 1 aromatic carbocycles. The van der Waals surface area contributed by atoms with Gasteiger partial charge >= 0.3 is 0 Å². The monoisotopic (exact) mass is 240 g/mol. The third-order valence-electron chi connectivity index (χ3n) is 2.48. The molecule has 1 unspecified atom stereocenters. The Morgan fingerprint density at radius 2 is 2.31 bits per heavy atom. The van der Waals surface area contributed by atoms with E-state index < -0.39 is 0 Å². The zero-order valence-corrected chi connectivity index (χ0v) is 8.97. The molecule has 0 amide bonds. The largest absolute Gasteiger partial charge is 0.398 e. The number of nitrogen functional groups attached to an aromatic ring is 1. The standard InChI is InChI=1S/C10H13BrN2/c11-8-4-3-7(6-9(8)12)10-2-1-5-13-10/h3-4,6,10,13H,1-2,5,12H2. The molecule has 3 heteroatoms. The van der Waals surface area contributed by atoms with Crippen LogP contribution in [0.1, 0.15) is 24.4 Å². The number of rotatable bonds is 1. The average Bonchev–Trinajstić information content (AvgIpc) is 2.62. The molecule has 1 saturated heterocycles. The SMILES string of the molecule is Nc1cc(C2CCCN2)ccc1Br. The van der Waals surface area contributed by atoms with Gasteiger partial charge in [-0.2, -0.15) is 0 Å². The van der Waals surface area contributed by atoms with Crippen LogP contribution in [0.5, 0.6) is 0 Å². The molecule has 0 spiro atoms. The van der Waals surface area contributed by atoms with Crippen molar-refractivity contribution in [3.05, 3.63) is 28.2 Å². The number of halogens is 1. The predicted molar refractivity (Wildman–Crippen MR) is 58.5 cm³/mol. The van der Waals surface area contributed by atoms with Crippen molar-refractivity contribution in [2.24, 2.45) is 0 Å². The van der Waals surface area contributed by atoms with Crippen molar-refractivity contribution in [2.45, 2.75) is 18.9 Å². The fourth-order valence-corrected chi connectivity index (χ4v) is 1.99. The molecule has 1 aliphatic heterocycles. The maximum absolute atomic E-state index is 5.81. The number of hydrogen-bond acceptors (Lipinski definition) is 2. The Morgan fingerprint density at radius 1 is 1.46 bits per heavy atom. The highest BCUT2D eigenvalue weighted by Crippen LogP contribution is 2.27. The molecule has 1 aliphatic rings. The van der Waals surface area contributed by atoms with Crippen LogP contribution in [0.2, 0.25) is 0 Å². The van der Waals surface area contributed by atoms with Crippen LogP contribution < -0.4 is 11.1 Å². The van der Waals surface area contributed by atoms with E-state index in [9.17, 15) is 0 Å². The highest BCUT2D eigenvalue weighted by Gasteiger charge is 2.16. The fourth-order valence-electron chi connectivity index (χ4n) is 1.75. The average molecular weight is 241 g/mol. The molecule has 0 bridgehead atoms. The molecule has 0 aromatic heterocycles. The van der Waals surface area contributed by atoms with Gasteiger partial charge in [0.15, 0.2) is 0 Å². The summed E-state index contributed by atoms with van der Waals surface area (Å²) < 4.78 is 0.981. The van der Waals surface area contributed by atoms with Gasteiger partial charge in [0.1, 0.15) is 0 Å². The molecular formula is C10H13BrN2. The summed E-state index contributed by atoms with van der Waals surface area (Å²) in [4.78, 5) is 0.